The van der Waals surface area contributed by atoms with Gasteiger partial charge in [0.15, 0.2) is 0 Å². The van der Waals surface area contributed by atoms with Gasteiger partial charge in [0.05, 0.1) is 12.3 Å². The second-order valence-corrected chi connectivity index (χ2v) is 9.29. The Morgan fingerprint density at radius 1 is 0.892 bits per heavy atom. The summed E-state index contributed by atoms with van der Waals surface area (Å²) in [7, 11) is 0. The largest absolute Gasteiger partial charge is 0.493 e. The molecule has 0 aromatic heterocycles. The van der Waals surface area contributed by atoms with Crippen molar-refractivity contribution >= 4 is 64.4 Å². The van der Waals surface area contributed by atoms with Gasteiger partial charge in [0.25, 0.3) is 11.8 Å². The Morgan fingerprint density at radius 3 is 2.30 bits per heavy atom. The molecule has 0 unspecified atom stereocenters. The molecule has 0 radical (unpaired) electrons. The Bertz CT molecular complexity index is 1390. The van der Waals surface area contributed by atoms with Crippen LogP contribution in [0.2, 0.25) is 15.1 Å². The second kappa shape index (κ2) is 11.7. The molecular formula is C27H21Cl3N2O5. The van der Waals surface area contributed by atoms with Crippen LogP contribution in [0, 0.1) is 0 Å². The van der Waals surface area contributed by atoms with Crippen molar-refractivity contribution in [2.75, 3.05) is 11.5 Å². The van der Waals surface area contributed by atoms with Crippen LogP contribution in [0.1, 0.15) is 24.5 Å². The molecule has 0 aliphatic carbocycles. The van der Waals surface area contributed by atoms with E-state index in [9.17, 15) is 14.4 Å². The molecular weight excluding hydrogens is 539 g/mol. The monoisotopic (exact) mass is 558 g/mol. The molecule has 0 saturated carbocycles. The standard InChI is InChI=1S/C27H21Cl3N2O5/c1-2-11-36-24-10-5-18(28)12-17(24)13-22-25(33)31-27(35)32(26(22)34)20-6-8-21(9-7-20)37-15-16-3-4-19(29)14-23(16)30/h3-10,12-14H,2,11,15H2,1H3,(H,31,33,35)/b22-13+. The molecule has 1 saturated heterocycles. The fourth-order valence-corrected chi connectivity index (χ4v) is 4.16. The van der Waals surface area contributed by atoms with Crippen LogP contribution in [-0.4, -0.2) is 24.5 Å². The number of barbiturate groups is 1. The zero-order valence-electron chi connectivity index (χ0n) is 19.6. The molecule has 1 fully saturated rings. The predicted molar refractivity (Wildman–Crippen MR) is 143 cm³/mol. The lowest BCUT2D eigenvalue weighted by atomic mass is 10.1. The normalized spacial score (nSPS) is 14.6. The first-order valence-corrected chi connectivity index (χ1v) is 12.4. The number of rotatable bonds is 8. The van der Waals surface area contributed by atoms with E-state index < -0.39 is 17.8 Å². The fraction of sp³-hybridized carbons (Fsp3) is 0.148. The summed E-state index contributed by atoms with van der Waals surface area (Å²) < 4.78 is 11.5. The minimum absolute atomic E-state index is 0.196. The lowest BCUT2D eigenvalue weighted by Crippen LogP contribution is -2.54. The van der Waals surface area contributed by atoms with E-state index >= 15 is 0 Å². The highest BCUT2D eigenvalue weighted by molar-refractivity contribution is 6.39. The third kappa shape index (κ3) is 6.25. The zero-order valence-corrected chi connectivity index (χ0v) is 21.9. The number of carbonyl (C=O) groups excluding carboxylic acids is 3. The third-order valence-electron chi connectivity index (χ3n) is 5.34. The zero-order chi connectivity index (χ0) is 26.5. The van der Waals surface area contributed by atoms with Crippen LogP contribution in [0.5, 0.6) is 11.5 Å². The maximum absolute atomic E-state index is 13.3. The summed E-state index contributed by atoms with van der Waals surface area (Å²) >= 11 is 18.2. The molecule has 3 aromatic rings. The van der Waals surface area contributed by atoms with Crippen molar-refractivity contribution in [1.29, 1.82) is 0 Å². The molecule has 4 amide bonds. The Hall–Kier alpha value is -3.52. The van der Waals surface area contributed by atoms with Gasteiger partial charge >= 0.3 is 6.03 Å². The number of anilines is 1. The van der Waals surface area contributed by atoms with E-state index in [4.69, 9.17) is 44.3 Å². The second-order valence-electron chi connectivity index (χ2n) is 8.01. The summed E-state index contributed by atoms with van der Waals surface area (Å²) in [4.78, 5) is 39.3. The first-order valence-electron chi connectivity index (χ1n) is 11.3. The third-order valence-corrected chi connectivity index (χ3v) is 6.16. The number of ether oxygens (including phenoxy) is 2. The fourth-order valence-electron chi connectivity index (χ4n) is 3.51. The first kappa shape index (κ1) is 26.5. The van der Waals surface area contributed by atoms with Gasteiger partial charge in [-0.2, -0.15) is 0 Å². The Balaban J connectivity index is 1.56. The lowest BCUT2D eigenvalue weighted by Gasteiger charge is -2.26. The lowest BCUT2D eigenvalue weighted by molar-refractivity contribution is -0.122. The van der Waals surface area contributed by atoms with E-state index in [-0.39, 0.29) is 17.9 Å². The molecule has 1 N–H and O–H groups in total. The maximum atomic E-state index is 13.3. The molecule has 37 heavy (non-hydrogen) atoms. The van der Waals surface area contributed by atoms with Crippen LogP contribution >= 0.6 is 34.8 Å². The summed E-state index contributed by atoms with van der Waals surface area (Å²) in [6.45, 7) is 2.60. The average molecular weight is 560 g/mol. The van der Waals surface area contributed by atoms with E-state index in [1.807, 2.05) is 6.92 Å². The smallest absolute Gasteiger partial charge is 0.335 e. The molecule has 0 bridgehead atoms. The summed E-state index contributed by atoms with van der Waals surface area (Å²) in [5.74, 6) is -0.641. The van der Waals surface area contributed by atoms with Gasteiger partial charge in [-0.15, -0.1) is 0 Å². The number of imide groups is 2. The van der Waals surface area contributed by atoms with Gasteiger partial charge in [-0.05, 0) is 67.1 Å². The predicted octanol–water partition coefficient (Wildman–Crippen LogP) is 6.68. The van der Waals surface area contributed by atoms with Crippen LogP contribution in [0.25, 0.3) is 6.08 Å². The quantitative estimate of drug-likeness (QED) is 0.246. The summed E-state index contributed by atoms with van der Waals surface area (Å²) in [5.41, 5.74) is 1.21. The van der Waals surface area contributed by atoms with E-state index in [0.717, 1.165) is 16.9 Å². The number of hydrogen-bond acceptors (Lipinski definition) is 5. The first-order chi connectivity index (χ1) is 17.8. The molecule has 0 spiro atoms. The van der Waals surface area contributed by atoms with Crippen molar-refractivity contribution in [3.63, 3.8) is 0 Å². The minimum Gasteiger partial charge on any atom is -0.493 e. The van der Waals surface area contributed by atoms with Gasteiger partial charge in [-0.3, -0.25) is 14.9 Å². The molecule has 1 heterocycles. The van der Waals surface area contributed by atoms with Gasteiger partial charge in [0, 0.05) is 26.2 Å². The minimum atomic E-state index is -0.859. The average Bonchev–Trinajstić information content (AvgIpc) is 2.86. The van der Waals surface area contributed by atoms with Crippen LogP contribution < -0.4 is 19.7 Å². The molecule has 190 valence electrons. The van der Waals surface area contributed by atoms with Crippen LogP contribution in [0.15, 0.2) is 66.2 Å². The highest BCUT2D eigenvalue weighted by atomic mass is 35.5. The molecule has 0 atom stereocenters. The van der Waals surface area contributed by atoms with Gasteiger partial charge in [-0.1, -0.05) is 47.8 Å². The molecule has 10 heteroatoms. The summed E-state index contributed by atoms with van der Waals surface area (Å²) in [6, 6.07) is 15.4. The van der Waals surface area contributed by atoms with Crippen molar-refractivity contribution in [2.24, 2.45) is 0 Å². The van der Waals surface area contributed by atoms with E-state index in [0.29, 0.717) is 38.7 Å². The van der Waals surface area contributed by atoms with Crippen LogP contribution in [0.4, 0.5) is 10.5 Å². The molecule has 1 aliphatic heterocycles. The number of halogens is 3. The van der Waals surface area contributed by atoms with Crippen molar-refractivity contribution in [3.05, 3.63) is 92.4 Å². The Labute approximate surface area is 228 Å². The molecule has 1 aliphatic rings. The number of nitrogens with zero attached hydrogens (tertiary/aromatic N) is 1. The maximum Gasteiger partial charge on any atom is 0.335 e. The summed E-state index contributed by atoms with van der Waals surface area (Å²) in [5, 5.41) is 3.61. The van der Waals surface area contributed by atoms with Gasteiger partial charge in [0.2, 0.25) is 0 Å². The molecule has 3 aromatic carbocycles. The number of nitrogens with one attached hydrogen (secondary N) is 1. The van der Waals surface area contributed by atoms with E-state index in [1.54, 1.807) is 60.7 Å². The Morgan fingerprint density at radius 2 is 1.59 bits per heavy atom. The number of hydrogen-bond donors (Lipinski definition) is 1. The Kier molecular flexibility index (Phi) is 8.38. The SMILES string of the molecule is CCCOc1ccc(Cl)cc1/C=C1\C(=O)NC(=O)N(c2ccc(OCc3ccc(Cl)cc3Cl)cc2)C1=O. The van der Waals surface area contributed by atoms with E-state index in [1.165, 1.54) is 6.08 Å². The number of urea groups is 1. The number of amides is 4. The van der Waals surface area contributed by atoms with Crippen LogP contribution in [-0.2, 0) is 16.2 Å². The van der Waals surface area contributed by atoms with E-state index in [2.05, 4.69) is 5.32 Å². The highest BCUT2D eigenvalue weighted by Crippen LogP contribution is 2.29. The van der Waals surface area contributed by atoms with Crippen molar-refractivity contribution in [3.8, 4) is 11.5 Å². The number of benzene rings is 3. The van der Waals surface area contributed by atoms with Crippen molar-refractivity contribution < 1.29 is 23.9 Å². The van der Waals surface area contributed by atoms with Crippen molar-refractivity contribution in [1.82, 2.24) is 5.32 Å². The summed E-state index contributed by atoms with van der Waals surface area (Å²) in [6.07, 6.45) is 2.13. The van der Waals surface area contributed by atoms with Gasteiger partial charge in [-0.25, -0.2) is 9.69 Å². The molecule has 7 nitrogen and oxygen atoms in total. The van der Waals surface area contributed by atoms with Gasteiger partial charge in [0.1, 0.15) is 23.7 Å². The number of carbonyl (C=O) groups is 3. The van der Waals surface area contributed by atoms with Gasteiger partial charge < -0.3 is 9.47 Å². The van der Waals surface area contributed by atoms with Crippen molar-refractivity contribution in [2.45, 2.75) is 20.0 Å². The highest BCUT2D eigenvalue weighted by Gasteiger charge is 2.37. The van der Waals surface area contributed by atoms with Crippen LogP contribution in [0.3, 0.4) is 0 Å². The molecule has 4 rings (SSSR count). The topological polar surface area (TPSA) is 84.9 Å².